The number of hydrogen-bond acceptors (Lipinski definition) is 5. The van der Waals surface area contributed by atoms with Gasteiger partial charge in [0.05, 0.1) is 23.7 Å². The van der Waals surface area contributed by atoms with Crippen LogP contribution in [0.3, 0.4) is 0 Å². The van der Waals surface area contributed by atoms with Crippen LogP contribution in [0.4, 0.5) is 0 Å². The van der Waals surface area contributed by atoms with Crippen molar-refractivity contribution in [2.45, 2.75) is 12.8 Å². The molecule has 3 saturated carbocycles. The number of carbonyl (C=O) groups is 4. The molecule has 4 fully saturated rings. The van der Waals surface area contributed by atoms with Gasteiger partial charge in [0.1, 0.15) is 0 Å². The number of carboxylic acid groups (broad SMARTS) is 2. The van der Waals surface area contributed by atoms with E-state index in [-0.39, 0.29) is 0 Å². The molecule has 0 amide bonds. The molecule has 1 aliphatic heterocycles. The highest BCUT2D eigenvalue weighted by Gasteiger charge is 2.66. The number of rotatable bonds is 2. The van der Waals surface area contributed by atoms with E-state index in [0.29, 0.717) is 12.8 Å². The summed E-state index contributed by atoms with van der Waals surface area (Å²) < 4.78 is 4.58. The van der Waals surface area contributed by atoms with Gasteiger partial charge in [-0.2, -0.15) is 0 Å². The lowest BCUT2D eigenvalue weighted by molar-refractivity contribution is -0.176. The summed E-state index contributed by atoms with van der Waals surface area (Å²) in [5, 5.41) is 18.5. The Labute approximate surface area is 107 Å². The zero-order valence-corrected chi connectivity index (χ0v) is 9.81. The summed E-state index contributed by atoms with van der Waals surface area (Å²) in [5.41, 5.74) is 0. The summed E-state index contributed by atoms with van der Waals surface area (Å²) in [4.78, 5) is 46.0. The van der Waals surface area contributed by atoms with Gasteiger partial charge in [0.15, 0.2) is 0 Å². The van der Waals surface area contributed by atoms with Crippen LogP contribution >= 0.6 is 0 Å². The first-order valence-electron chi connectivity index (χ1n) is 6.14. The summed E-state index contributed by atoms with van der Waals surface area (Å²) in [7, 11) is 0. The first kappa shape index (κ1) is 12.1. The molecule has 4 rings (SSSR count). The largest absolute Gasteiger partial charge is 0.481 e. The molecule has 0 radical (unpaired) electrons. The van der Waals surface area contributed by atoms with Crippen LogP contribution in [0.5, 0.6) is 0 Å². The topological polar surface area (TPSA) is 118 Å². The van der Waals surface area contributed by atoms with Crippen LogP contribution in [-0.4, -0.2) is 34.1 Å². The van der Waals surface area contributed by atoms with Gasteiger partial charge in [-0.3, -0.25) is 19.2 Å². The Hall–Kier alpha value is -1.92. The smallest absolute Gasteiger partial charge is 0.317 e. The summed E-state index contributed by atoms with van der Waals surface area (Å²) in [6.45, 7) is 0. The highest BCUT2D eigenvalue weighted by Crippen LogP contribution is 2.57. The van der Waals surface area contributed by atoms with Gasteiger partial charge in [0, 0.05) is 0 Å². The molecule has 4 aliphatic rings. The minimum atomic E-state index is -1.22. The summed E-state index contributed by atoms with van der Waals surface area (Å²) in [5.74, 6) is -8.84. The van der Waals surface area contributed by atoms with Gasteiger partial charge in [0.25, 0.3) is 0 Å². The van der Waals surface area contributed by atoms with Crippen LogP contribution in [0.1, 0.15) is 12.8 Å². The first-order chi connectivity index (χ1) is 8.93. The number of hydrogen-bond donors (Lipinski definition) is 2. The number of aliphatic carboxylic acids is 2. The number of esters is 2. The maximum absolute atomic E-state index is 11.7. The zero-order chi connectivity index (χ0) is 13.9. The summed E-state index contributed by atoms with van der Waals surface area (Å²) >= 11 is 0. The quantitative estimate of drug-likeness (QED) is 0.523. The average molecular weight is 268 g/mol. The first-order valence-corrected chi connectivity index (χ1v) is 6.14. The SMILES string of the molecule is O=C(O)C1C2CCC(C1C(=O)O)C1C(=O)OC(=O)C21. The van der Waals surface area contributed by atoms with Crippen LogP contribution in [0.2, 0.25) is 0 Å². The minimum absolute atomic E-state index is 0.453. The molecule has 1 saturated heterocycles. The van der Waals surface area contributed by atoms with Crippen molar-refractivity contribution in [3.63, 3.8) is 0 Å². The van der Waals surface area contributed by atoms with E-state index in [1.165, 1.54) is 0 Å². The molecule has 6 atom stereocenters. The van der Waals surface area contributed by atoms with Gasteiger partial charge in [-0.1, -0.05) is 0 Å². The second-order valence-corrected chi connectivity index (χ2v) is 5.42. The molecule has 2 bridgehead atoms. The maximum Gasteiger partial charge on any atom is 0.317 e. The number of carbonyl (C=O) groups excluding carboxylic acids is 2. The number of cyclic esters (lactones) is 2. The minimum Gasteiger partial charge on any atom is -0.481 e. The second kappa shape index (κ2) is 3.79. The van der Waals surface area contributed by atoms with Crippen LogP contribution in [0, 0.1) is 35.5 Å². The van der Waals surface area contributed by atoms with E-state index in [4.69, 9.17) is 0 Å². The Morgan fingerprint density at radius 3 is 1.58 bits per heavy atom. The van der Waals surface area contributed by atoms with Gasteiger partial charge in [0.2, 0.25) is 0 Å². The molecule has 0 spiro atoms. The van der Waals surface area contributed by atoms with Crippen molar-refractivity contribution in [1.29, 1.82) is 0 Å². The second-order valence-electron chi connectivity index (χ2n) is 5.42. The van der Waals surface area contributed by atoms with Gasteiger partial charge in [-0.05, 0) is 24.7 Å². The summed E-state index contributed by atoms with van der Waals surface area (Å²) in [6.07, 6.45) is 0.907. The Balaban J connectivity index is 2.07. The van der Waals surface area contributed by atoms with Crippen molar-refractivity contribution in [1.82, 2.24) is 0 Å². The lowest BCUT2D eigenvalue weighted by Crippen LogP contribution is -2.56. The fourth-order valence-electron chi connectivity index (χ4n) is 4.17. The van der Waals surface area contributed by atoms with Crippen LogP contribution in [0.25, 0.3) is 0 Å². The van der Waals surface area contributed by atoms with Crippen molar-refractivity contribution < 1.29 is 34.1 Å². The van der Waals surface area contributed by atoms with Crippen LogP contribution in [-0.2, 0) is 23.9 Å². The predicted molar refractivity (Wildman–Crippen MR) is 56.5 cm³/mol. The normalized spacial score (nSPS) is 43.8. The van der Waals surface area contributed by atoms with E-state index in [1.807, 2.05) is 0 Å². The number of fused-ring (bicyclic) bond motifs is 2. The molecule has 0 aromatic carbocycles. The fourth-order valence-corrected chi connectivity index (χ4v) is 4.17. The Morgan fingerprint density at radius 1 is 0.895 bits per heavy atom. The van der Waals surface area contributed by atoms with Crippen molar-refractivity contribution in [3.05, 3.63) is 0 Å². The molecular weight excluding hydrogens is 256 g/mol. The van der Waals surface area contributed by atoms with Gasteiger partial charge >= 0.3 is 23.9 Å². The van der Waals surface area contributed by atoms with Gasteiger partial charge < -0.3 is 14.9 Å². The van der Waals surface area contributed by atoms with E-state index in [9.17, 15) is 29.4 Å². The molecule has 102 valence electrons. The van der Waals surface area contributed by atoms with E-state index in [2.05, 4.69) is 4.74 Å². The lowest BCUT2D eigenvalue weighted by Gasteiger charge is -2.49. The Bertz CT molecular complexity index is 452. The van der Waals surface area contributed by atoms with Crippen LogP contribution in [0.15, 0.2) is 0 Å². The fraction of sp³-hybridized carbons (Fsp3) is 0.667. The highest BCUT2D eigenvalue weighted by molar-refractivity contribution is 5.98. The van der Waals surface area contributed by atoms with Gasteiger partial charge in [-0.15, -0.1) is 0 Å². The molecule has 3 aliphatic carbocycles. The molecule has 19 heavy (non-hydrogen) atoms. The predicted octanol–water partition coefficient (Wildman–Crippen LogP) is -0.256. The van der Waals surface area contributed by atoms with Crippen molar-refractivity contribution in [3.8, 4) is 0 Å². The van der Waals surface area contributed by atoms with E-state index in [1.54, 1.807) is 0 Å². The average Bonchev–Trinajstić information content (AvgIpc) is 2.66. The zero-order valence-electron chi connectivity index (χ0n) is 9.81. The van der Waals surface area contributed by atoms with E-state index < -0.39 is 59.4 Å². The molecule has 7 nitrogen and oxygen atoms in total. The Morgan fingerprint density at radius 2 is 1.26 bits per heavy atom. The molecule has 0 aromatic rings. The summed E-state index contributed by atoms with van der Waals surface area (Å²) in [6, 6.07) is 0. The van der Waals surface area contributed by atoms with Crippen molar-refractivity contribution in [2.24, 2.45) is 35.5 Å². The van der Waals surface area contributed by atoms with E-state index >= 15 is 0 Å². The van der Waals surface area contributed by atoms with Crippen LogP contribution < -0.4 is 0 Å². The monoisotopic (exact) mass is 268 g/mol. The number of ether oxygens (including phenoxy) is 1. The molecule has 6 unspecified atom stereocenters. The van der Waals surface area contributed by atoms with E-state index in [0.717, 1.165) is 0 Å². The molecule has 2 N–H and O–H groups in total. The maximum atomic E-state index is 11.7. The van der Waals surface area contributed by atoms with Crippen molar-refractivity contribution in [2.75, 3.05) is 0 Å². The third kappa shape index (κ3) is 1.44. The molecular formula is C12H12O7. The highest BCUT2D eigenvalue weighted by atomic mass is 16.6. The standard InChI is InChI=1S/C12H12O7/c13-9(14)5-3-1-2-4(6(5)10(15)16)8-7(3)11(17)19-12(8)18/h3-8H,1-2H2,(H,13,14)(H,15,16). The molecule has 7 heteroatoms. The van der Waals surface area contributed by atoms with Crippen molar-refractivity contribution >= 4 is 23.9 Å². The number of carboxylic acids is 2. The molecule has 1 heterocycles. The lowest BCUT2D eigenvalue weighted by atomic mass is 9.50. The van der Waals surface area contributed by atoms with Gasteiger partial charge in [-0.25, -0.2) is 0 Å². The Kier molecular flexibility index (Phi) is 2.42. The third-order valence-corrected chi connectivity index (χ3v) is 4.77. The molecule has 0 aromatic heterocycles. The third-order valence-electron chi connectivity index (χ3n) is 4.77.